The van der Waals surface area contributed by atoms with Crippen molar-refractivity contribution in [2.75, 3.05) is 4.90 Å². The molecule has 2 bridgehead atoms. The van der Waals surface area contributed by atoms with Crippen molar-refractivity contribution < 1.29 is 31.8 Å². The van der Waals surface area contributed by atoms with Gasteiger partial charge in [0.05, 0.1) is 24.3 Å². The highest BCUT2D eigenvalue weighted by molar-refractivity contribution is 7.08. The summed E-state index contributed by atoms with van der Waals surface area (Å²) in [5.74, 6) is 0. The Kier molecular flexibility index (Phi) is 5.97. The van der Waals surface area contributed by atoms with Crippen LogP contribution in [0.2, 0.25) is 0 Å². The van der Waals surface area contributed by atoms with Gasteiger partial charge in [-0.05, 0) is 33.8 Å². The number of amides is 1. The van der Waals surface area contributed by atoms with Gasteiger partial charge in [0, 0.05) is 31.1 Å². The topological polar surface area (TPSA) is 46.1 Å². The summed E-state index contributed by atoms with van der Waals surface area (Å²) in [6, 6.07) is 5.35. The SMILES string of the molecule is O=C(OC1CC2CCC(C1)[NH2+]2)N(Cc1ccsc1)c1ccsc1.[Br-]. The number of quaternary nitrogens is 1. The zero-order valence-electron chi connectivity index (χ0n) is 13.3. The molecule has 0 spiro atoms. The van der Waals surface area contributed by atoms with Gasteiger partial charge in [-0.2, -0.15) is 22.7 Å². The number of carbonyl (C=O) groups excluding carboxylic acids is 1. The van der Waals surface area contributed by atoms with E-state index in [1.165, 1.54) is 12.8 Å². The number of anilines is 1. The second-order valence-corrected chi connectivity index (χ2v) is 8.03. The number of ether oxygens (including phenoxy) is 1. The van der Waals surface area contributed by atoms with Crippen molar-refractivity contribution in [2.24, 2.45) is 0 Å². The number of halogens is 1. The molecule has 2 atom stereocenters. The maximum atomic E-state index is 12.8. The van der Waals surface area contributed by atoms with Crippen molar-refractivity contribution >= 4 is 34.5 Å². The highest BCUT2D eigenvalue weighted by Crippen LogP contribution is 2.26. The number of fused-ring (bicyclic) bond motifs is 2. The number of hydrogen-bond donors (Lipinski definition) is 1. The van der Waals surface area contributed by atoms with E-state index in [4.69, 9.17) is 4.74 Å². The first-order valence-electron chi connectivity index (χ1n) is 8.14. The van der Waals surface area contributed by atoms with E-state index in [9.17, 15) is 4.79 Å². The average Bonchev–Trinajstić information content (AvgIpc) is 3.27. The third-order valence-corrected chi connectivity index (χ3v) is 6.21. The Bertz CT molecular complexity index is 636. The smallest absolute Gasteiger partial charge is 0.414 e. The summed E-state index contributed by atoms with van der Waals surface area (Å²) < 4.78 is 5.88. The zero-order valence-corrected chi connectivity index (χ0v) is 16.5. The largest absolute Gasteiger partial charge is 1.00 e. The maximum absolute atomic E-state index is 12.8. The quantitative estimate of drug-likeness (QED) is 0.756. The van der Waals surface area contributed by atoms with Crippen molar-refractivity contribution in [3.8, 4) is 0 Å². The van der Waals surface area contributed by atoms with E-state index in [0.717, 1.165) is 24.1 Å². The molecule has 2 aromatic rings. The minimum Gasteiger partial charge on any atom is -1.00 e. The molecule has 24 heavy (non-hydrogen) atoms. The van der Waals surface area contributed by atoms with Gasteiger partial charge in [-0.3, -0.25) is 4.90 Å². The monoisotopic (exact) mass is 428 g/mol. The number of hydrogen-bond acceptors (Lipinski definition) is 4. The molecule has 7 heteroatoms. The van der Waals surface area contributed by atoms with Crippen LogP contribution in [0.5, 0.6) is 0 Å². The van der Waals surface area contributed by atoms with Crippen LogP contribution in [0.4, 0.5) is 10.5 Å². The zero-order chi connectivity index (χ0) is 15.6. The Hall–Kier alpha value is -0.890. The third kappa shape index (κ3) is 4.02. The normalized spacial score (nSPS) is 25.1. The van der Waals surface area contributed by atoms with Gasteiger partial charge in [-0.15, -0.1) is 0 Å². The lowest BCUT2D eigenvalue weighted by molar-refractivity contribution is -0.712. The Morgan fingerprint density at radius 1 is 1.17 bits per heavy atom. The lowest BCUT2D eigenvalue weighted by Gasteiger charge is -2.29. The van der Waals surface area contributed by atoms with Gasteiger partial charge < -0.3 is 27.0 Å². The van der Waals surface area contributed by atoms with E-state index in [1.807, 2.05) is 22.2 Å². The van der Waals surface area contributed by atoms with E-state index in [-0.39, 0.29) is 29.2 Å². The van der Waals surface area contributed by atoms with Gasteiger partial charge in [0.15, 0.2) is 0 Å². The van der Waals surface area contributed by atoms with Crippen LogP contribution in [0.3, 0.4) is 0 Å². The fraction of sp³-hybridized carbons (Fsp3) is 0.471. The van der Waals surface area contributed by atoms with E-state index < -0.39 is 0 Å². The van der Waals surface area contributed by atoms with Crippen LogP contribution >= 0.6 is 22.7 Å². The predicted molar refractivity (Wildman–Crippen MR) is 93.1 cm³/mol. The Morgan fingerprint density at radius 3 is 2.50 bits per heavy atom. The number of thiophene rings is 2. The Morgan fingerprint density at radius 2 is 1.88 bits per heavy atom. The van der Waals surface area contributed by atoms with Crippen LogP contribution in [-0.4, -0.2) is 24.3 Å². The number of nitrogens with zero attached hydrogens (tertiary/aromatic N) is 1. The second-order valence-electron chi connectivity index (χ2n) is 6.47. The van der Waals surface area contributed by atoms with Crippen LogP contribution in [-0.2, 0) is 11.3 Å². The summed E-state index contributed by atoms with van der Waals surface area (Å²) in [4.78, 5) is 14.5. The summed E-state index contributed by atoms with van der Waals surface area (Å²) in [5, 5.41) is 10.6. The molecular formula is C17H21BrN2O2S2. The molecule has 4 nitrogen and oxygen atoms in total. The molecule has 0 aliphatic carbocycles. The number of piperidine rings is 1. The molecule has 2 saturated heterocycles. The molecule has 0 radical (unpaired) electrons. The first-order valence-corrected chi connectivity index (χ1v) is 10.0. The summed E-state index contributed by atoms with van der Waals surface area (Å²) in [6.07, 6.45) is 4.40. The van der Waals surface area contributed by atoms with E-state index >= 15 is 0 Å². The molecule has 130 valence electrons. The van der Waals surface area contributed by atoms with Gasteiger partial charge >= 0.3 is 6.09 Å². The van der Waals surface area contributed by atoms with Gasteiger partial charge in [0.1, 0.15) is 6.10 Å². The lowest BCUT2D eigenvalue weighted by atomic mass is 10.0. The molecular weight excluding hydrogens is 408 g/mol. The summed E-state index contributed by atoms with van der Waals surface area (Å²) in [6.45, 7) is 0.574. The van der Waals surface area contributed by atoms with Crippen LogP contribution in [0.15, 0.2) is 33.7 Å². The number of rotatable bonds is 4. The highest BCUT2D eigenvalue weighted by Gasteiger charge is 2.39. The molecule has 2 fully saturated rings. The van der Waals surface area contributed by atoms with E-state index in [1.54, 1.807) is 27.6 Å². The highest BCUT2D eigenvalue weighted by atomic mass is 79.9. The molecule has 4 rings (SSSR count). The molecule has 0 saturated carbocycles. The molecule has 2 aliphatic rings. The first-order chi connectivity index (χ1) is 11.3. The van der Waals surface area contributed by atoms with E-state index in [0.29, 0.717) is 18.6 Å². The Labute approximate surface area is 160 Å². The van der Waals surface area contributed by atoms with Crippen molar-refractivity contribution in [2.45, 2.75) is 50.4 Å². The number of nitrogens with two attached hydrogens (primary N) is 1. The van der Waals surface area contributed by atoms with E-state index in [2.05, 4.69) is 16.8 Å². The fourth-order valence-corrected chi connectivity index (χ4v) is 5.01. The van der Waals surface area contributed by atoms with Crippen molar-refractivity contribution in [1.29, 1.82) is 0 Å². The van der Waals surface area contributed by atoms with Crippen LogP contribution in [0.1, 0.15) is 31.2 Å². The molecule has 4 heterocycles. The lowest BCUT2D eigenvalue weighted by Crippen LogP contribution is -3.00. The minimum absolute atomic E-state index is 0. The van der Waals surface area contributed by atoms with Crippen molar-refractivity contribution in [3.05, 3.63) is 39.2 Å². The molecule has 0 aromatic carbocycles. The van der Waals surface area contributed by atoms with Gasteiger partial charge in [0.25, 0.3) is 0 Å². The van der Waals surface area contributed by atoms with Crippen molar-refractivity contribution in [1.82, 2.24) is 0 Å². The third-order valence-electron chi connectivity index (χ3n) is 4.81. The number of carbonyl (C=O) groups is 1. The Balaban J connectivity index is 0.00000169. The molecule has 2 unspecified atom stereocenters. The first kappa shape index (κ1) is 17.9. The van der Waals surface area contributed by atoms with Crippen molar-refractivity contribution in [3.63, 3.8) is 0 Å². The fourth-order valence-electron chi connectivity index (χ4n) is 3.71. The average molecular weight is 429 g/mol. The molecule has 2 aromatic heterocycles. The minimum atomic E-state index is -0.207. The van der Waals surface area contributed by atoms with Gasteiger partial charge in [-0.1, -0.05) is 0 Å². The summed E-state index contributed by atoms with van der Waals surface area (Å²) in [5.41, 5.74) is 2.08. The maximum Gasteiger partial charge on any atom is 0.414 e. The summed E-state index contributed by atoms with van der Waals surface area (Å²) >= 11 is 3.26. The van der Waals surface area contributed by atoms with Crippen LogP contribution in [0, 0.1) is 0 Å². The van der Waals surface area contributed by atoms with Crippen LogP contribution < -0.4 is 27.2 Å². The molecule has 1 amide bonds. The predicted octanol–water partition coefficient (Wildman–Crippen LogP) is 0.214. The van der Waals surface area contributed by atoms with Gasteiger partial charge in [0.2, 0.25) is 0 Å². The van der Waals surface area contributed by atoms with Gasteiger partial charge in [-0.25, -0.2) is 4.79 Å². The van der Waals surface area contributed by atoms with Crippen LogP contribution in [0.25, 0.3) is 0 Å². The summed E-state index contributed by atoms with van der Waals surface area (Å²) in [7, 11) is 0. The standard InChI is InChI=1S/C17H20N2O2S2.BrH/c20-17(21-16-7-13-1-2-14(8-16)18-13)19(15-4-6-23-11-15)9-12-3-5-22-10-12;/h3-6,10-11,13-14,16,18H,1-2,7-9H2;1H. The molecule has 2 N–H and O–H groups in total. The second kappa shape index (κ2) is 7.99. The molecule has 2 aliphatic heterocycles.